The second-order valence-electron chi connectivity index (χ2n) is 6.65. The number of benzene rings is 1. The van der Waals surface area contributed by atoms with Gasteiger partial charge in [-0.25, -0.2) is 9.38 Å². The van der Waals surface area contributed by atoms with Crippen LogP contribution in [0.25, 0.3) is 5.57 Å². The third-order valence-corrected chi connectivity index (χ3v) is 5.96. The van der Waals surface area contributed by atoms with Crippen LogP contribution < -0.4 is 0 Å². The van der Waals surface area contributed by atoms with Gasteiger partial charge in [0.15, 0.2) is 0 Å². The molecular weight excluding hydrogens is 456 g/mol. The molecule has 0 aliphatic carbocycles. The van der Waals surface area contributed by atoms with Crippen molar-refractivity contribution in [2.75, 3.05) is 13.1 Å². The highest BCUT2D eigenvalue weighted by atomic mass is 35.5. The lowest BCUT2D eigenvalue weighted by molar-refractivity contribution is -0.134. The highest BCUT2D eigenvalue weighted by Gasteiger charge is 2.32. The molecule has 0 bridgehead atoms. The molecule has 1 amide bonds. The van der Waals surface area contributed by atoms with Crippen molar-refractivity contribution in [2.45, 2.75) is 18.1 Å². The molecule has 1 N–H and O–H groups in total. The molecule has 31 heavy (non-hydrogen) atoms. The van der Waals surface area contributed by atoms with E-state index in [1.165, 1.54) is 18.2 Å². The zero-order chi connectivity index (χ0) is 22.6. The van der Waals surface area contributed by atoms with Gasteiger partial charge in [0, 0.05) is 18.0 Å². The molecule has 11 heteroatoms. The summed E-state index contributed by atoms with van der Waals surface area (Å²) < 4.78 is 51.2. The first kappa shape index (κ1) is 23.0. The van der Waals surface area contributed by atoms with Crippen molar-refractivity contribution >= 4 is 47.2 Å². The molecule has 0 saturated heterocycles. The Kier molecular flexibility index (Phi) is 7.11. The summed E-state index contributed by atoms with van der Waals surface area (Å²) in [6, 6.07) is 8.21. The molecule has 1 unspecified atom stereocenters. The van der Waals surface area contributed by atoms with E-state index in [9.17, 15) is 22.4 Å². The van der Waals surface area contributed by atoms with Gasteiger partial charge < -0.3 is 9.80 Å². The molecule has 164 valence electrons. The number of halogens is 5. The first-order valence-electron chi connectivity index (χ1n) is 9.02. The molecule has 3 rings (SSSR count). The lowest BCUT2D eigenvalue weighted by Gasteiger charge is -2.30. The van der Waals surface area contributed by atoms with Crippen molar-refractivity contribution in [3.63, 3.8) is 0 Å². The summed E-state index contributed by atoms with van der Waals surface area (Å²) in [5, 5.41) is 7.65. The number of aliphatic imine (C=N–C) groups is 1. The smallest absolute Gasteiger partial charge is 0.336 e. The summed E-state index contributed by atoms with van der Waals surface area (Å²) >= 11 is 6.97. The molecule has 2 heterocycles. The van der Waals surface area contributed by atoms with E-state index < -0.39 is 16.4 Å². The number of amides is 1. The van der Waals surface area contributed by atoms with Crippen LogP contribution in [0.4, 0.5) is 17.6 Å². The Labute approximate surface area is 184 Å². The fourth-order valence-electron chi connectivity index (χ4n) is 2.93. The number of hydrogen-bond donors (Lipinski definition) is 1. The Morgan fingerprint density at radius 2 is 2.00 bits per heavy atom. The number of thiophene rings is 1. The Bertz CT molecular complexity index is 1000. The van der Waals surface area contributed by atoms with Crippen LogP contribution in [0.2, 0.25) is 0 Å². The fourth-order valence-corrected chi connectivity index (χ4v) is 4.19. The van der Waals surface area contributed by atoms with Gasteiger partial charge >= 0.3 is 6.18 Å². The van der Waals surface area contributed by atoms with Crippen molar-refractivity contribution in [1.82, 2.24) is 9.80 Å². The molecule has 1 aliphatic heterocycles. The molecule has 0 fully saturated rings. The quantitative estimate of drug-likeness (QED) is 0.223. The average Bonchev–Trinajstić information content (AvgIpc) is 3.20. The van der Waals surface area contributed by atoms with E-state index in [-0.39, 0.29) is 24.9 Å². The van der Waals surface area contributed by atoms with Gasteiger partial charge in [-0.15, -0.1) is 22.9 Å². The molecular formula is C20H17ClF4N4OS. The van der Waals surface area contributed by atoms with Crippen molar-refractivity contribution in [1.29, 1.82) is 5.41 Å². The Morgan fingerprint density at radius 1 is 1.29 bits per heavy atom. The van der Waals surface area contributed by atoms with E-state index in [1.54, 1.807) is 17.0 Å². The molecule has 1 atom stereocenters. The average molecular weight is 473 g/mol. The monoisotopic (exact) mass is 472 g/mol. The summed E-state index contributed by atoms with van der Waals surface area (Å²) in [5.74, 6) is -0.491. The summed E-state index contributed by atoms with van der Waals surface area (Å²) in [6.07, 6.45) is -1.08. The Morgan fingerprint density at radius 3 is 2.58 bits per heavy atom. The van der Waals surface area contributed by atoms with Crippen molar-refractivity contribution in [3.05, 3.63) is 63.6 Å². The lowest BCUT2D eigenvalue weighted by atomic mass is 9.99. The molecule has 1 aromatic carbocycles. The summed E-state index contributed by atoms with van der Waals surface area (Å²) in [7, 11) is 0. The van der Waals surface area contributed by atoms with E-state index in [1.807, 2.05) is 6.08 Å². The largest absolute Gasteiger partial charge is 0.425 e. The number of nitrogens with zero attached hydrogens (tertiary/aromatic N) is 3. The van der Waals surface area contributed by atoms with Crippen LogP contribution in [0, 0.1) is 11.2 Å². The van der Waals surface area contributed by atoms with Crippen molar-refractivity contribution in [3.8, 4) is 0 Å². The van der Waals surface area contributed by atoms with E-state index in [0.717, 1.165) is 28.4 Å². The fraction of sp³-hybridized carbons (Fsp3) is 0.250. The lowest BCUT2D eigenvalue weighted by Crippen LogP contribution is -2.38. The summed E-state index contributed by atoms with van der Waals surface area (Å²) in [6.45, 7) is 0.530. The summed E-state index contributed by atoms with van der Waals surface area (Å²) in [4.78, 5) is 17.4. The third kappa shape index (κ3) is 5.92. The maximum Gasteiger partial charge on any atom is 0.425 e. The topological polar surface area (TPSA) is 59.8 Å². The van der Waals surface area contributed by atoms with Gasteiger partial charge in [-0.3, -0.25) is 10.2 Å². The van der Waals surface area contributed by atoms with E-state index in [2.05, 4.69) is 4.99 Å². The van der Waals surface area contributed by atoms with Crippen LogP contribution in [0.5, 0.6) is 0 Å². The second-order valence-corrected chi connectivity index (χ2v) is 8.34. The van der Waals surface area contributed by atoms with Gasteiger partial charge in [-0.1, -0.05) is 18.2 Å². The zero-order valence-electron chi connectivity index (χ0n) is 15.9. The molecule has 2 aromatic rings. The molecule has 1 aliphatic rings. The number of guanidine groups is 1. The standard InChI is InChI=1S/C20H17ClF4N4OS/c21-17-10-29(8-7-16(17)13-1-3-14(22)4-2-13)19(26)27-11-28(12-30)9-15-5-6-18(31-15)20(23,24)25/h1-7,11-12,17,26H,8-10H2/b26-19?,27-11-. The first-order valence-corrected chi connectivity index (χ1v) is 10.3. The molecule has 5 nitrogen and oxygen atoms in total. The van der Waals surface area contributed by atoms with E-state index >= 15 is 0 Å². The van der Waals surface area contributed by atoms with Crippen LogP contribution in [-0.4, -0.2) is 47.0 Å². The van der Waals surface area contributed by atoms with E-state index in [4.69, 9.17) is 17.0 Å². The van der Waals surface area contributed by atoms with Crippen LogP contribution in [-0.2, 0) is 17.5 Å². The minimum absolute atomic E-state index is 0.0895. The van der Waals surface area contributed by atoms with E-state index in [0.29, 0.717) is 29.2 Å². The molecule has 0 spiro atoms. The highest BCUT2D eigenvalue weighted by Crippen LogP contribution is 2.34. The number of rotatable bonds is 5. The van der Waals surface area contributed by atoms with Gasteiger partial charge in [0.1, 0.15) is 17.0 Å². The minimum atomic E-state index is -4.43. The van der Waals surface area contributed by atoms with Crippen molar-refractivity contribution in [2.24, 2.45) is 4.99 Å². The first-order chi connectivity index (χ1) is 14.7. The predicted molar refractivity (Wildman–Crippen MR) is 113 cm³/mol. The predicted octanol–water partition coefficient (Wildman–Crippen LogP) is 4.83. The van der Waals surface area contributed by atoms with Gasteiger partial charge in [0.05, 0.1) is 11.9 Å². The SMILES string of the molecule is N=C(/N=C\N(C=O)Cc1ccc(C(F)(F)F)s1)N1CC=C(c2ccc(F)cc2)C(Cl)C1. The summed E-state index contributed by atoms with van der Waals surface area (Å²) in [5.41, 5.74) is 1.61. The zero-order valence-corrected chi connectivity index (χ0v) is 17.5. The number of carbonyl (C=O) groups excluding carboxylic acids is 1. The van der Waals surface area contributed by atoms with Gasteiger partial charge in [-0.2, -0.15) is 13.2 Å². The number of hydrogen-bond acceptors (Lipinski definition) is 3. The van der Waals surface area contributed by atoms with Crippen LogP contribution in [0.15, 0.2) is 47.5 Å². The van der Waals surface area contributed by atoms with Crippen molar-refractivity contribution < 1.29 is 22.4 Å². The molecule has 1 aromatic heterocycles. The number of alkyl halides is 4. The highest BCUT2D eigenvalue weighted by molar-refractivity contribution is 7.12. The Balaban J connectivity index is 1.61. The maximum atomic E-state index is 13.1. The number of nitrogens with one attached hydrogen (secondary N) is 1. The minimum Gasteiger partial charge on any atom is -0.336 e. The molecule has 0 radical (unpaired) electrons. The molecule has 0 saturated carbocycles. The third-order valence-electron chi connectivity index (χ3n) is 4.47. The Hall–Kier alpha value is -2.72. The normalized spacial score (nSPS) is 17.0. The number of carbonyl (C=O) groups is 1. The van der Waals surface area contributed by atoms with Gasteiger partial charge in [0.25, 0.3) is 0 Å². The van der Waals surface area contributed by atoms with Crippen LogP contribution in [0.3, 0.4) is 0 Å². The second kappa shape index (κ2) is 9.61. The van der Waals surface area contributed by atoms with Crippen LogP contribution in [0.1, 0.15) is 15.3 Å². The van der Waals surface area contributed by atoms with Gasteiger partial charge in [0.2, 0.25) is 12.4 Å². The maximum absolute atomic E-state index is 13.1. The van der Waals surface area contributed by atoms with Gasteiger partial charge in [-0.05, 0) is 35.4 Å². The van der Waals surface area contributed by atoms with Crippen LogP contribution >= 0.6 is 22.9 Å².